The Hall–Kier alpha value is -0.640. The van der Waals surface area contributed by atoms with E-state index in [2.05, 4.69) is 5.32 Å². The highest BCUT2D eigenvalue weighted by atomic mass is 32.1. The molecule has 1 saturated carbocycles. The summed E-state index contributed by atoms with van der Waals surface area (Å²) in [4.78, 5) is 1.84. The molecule has 0 saturated heterocycles. The summed E-state index contributed by atoms with van der Waals surface area (Å²) in [5.41, 5.74) is 0. The molecule has 0 spiro atoms. The lowest BCUT2D eigenvalue weighted by atomic mass is 10.4. The number of nitrogens with zero attached hydrogens (tertiary/aromatic N) is 1. The van der Waals surface area contributed by atoms with Gasteiger partial charge in [0.15, 0.2) is 5.11 Å². The largest absolute Gasteiger partial charge is 0.362 e. The molecule has 1 N–H and O–H groups in total. The molecule has 1 aliphatic carbocycles. The first kappa shape index (κ1) is 8.94. The Morgan fingerprint density at radius 3 is 3.00 bits per heavy atom. The van der Waals surface area contributed by atoms with E-state index in [0.717, 1.165) is 12.5 Å². The molecule has 0 atom stereocenters. The third-order valence-electron chi connectivity index (χ3n) is 2.40. The lowest BCUT2D eigenvalue weighted by molar-refractivity contribution is 0.477. The summed E-state index contributed by atoms with van der Waals surface area (Å²) in [5, 5.41) is 3.86. The Morgan fingerprint density at radius 2 is 2.46 bits per heavy atom. The second-order valence-corrected chi connectivity index (χ2v) is 4.05. The van der Waals surface area contributed by atoms with Crippen LogP contribution in [0, 0.1) is 5.92 Å². The van der Waals surface area contributed by atoms with Crippen molar-refractivity contribution in [2.75, 3.05) is 19.6 Å². The fraction of sp³-hybridized carbons (Fsp3) is 0.667. The monoisotopic (exact) mass is 200 g/mol. The van der Waals surface area contributed by atoms with Crippen molar-refractivity contribution < 1.29 is 4.39 Å². The van der Waals surface area contributed by atoms with Gasteiger partial charge in [-0.3, -0.25) is 0 Å². The number of rotatable bonds is 2. The van der Waals surface area contributed by atoms with Gasteiger partial charge in [0.25, 0.3) is 0 Å². The molecule has 1 heterocycles. The van der Waals surface area contributed by atoms with Crippen molar-refractivity contribution in [3.63, 3.8) is 0 Å². The van der Waals surface area contributed by atoms with E-state index in [1.165, 1.54) is 12.8 Å². The van der Waals surface area contributed by atoms with Crippen molar-refractivity contribution in [3.05, 3.63) is 11.9 Å². The smallest absolute Gasteiger partial charge is 0.169 e. The topological polar surface area (TPSA) is 15.3 Å². The summed E-state index contributed by atoms with van der Waals surface area (Å²) in [6, 6.07) is 0. The molecule has 0 aromatic carbocycles. The van der Waals surface area contributed by atoms with Crippen LogP contribution in [0.2, 0.25) is 0 Å². The van der Waals surface area contributed by atoms with Gasteiger partial charge in [0.05, 0.1) is 6.54 Å². The maximum absolute atomic E-state index is 12.7. The zero-order chi connectivity index (χ0) is 9.26. The number of thiocarbonyl (C=S) groups is 1. The average Bonchev–Trinajstić information content (AvgIpc) is 2.84. The lowest BCUT2D eigenvalue weighted by Gasteiger charge is -2.19. The summed E-state index contributed by atoms with van der Waals surface area (Å²) < 4.78 is 12.7. The summed E-state index contributed by atoms with van der Waals surface area (Å²) >= 11 is 5.13. The minimum atomic E-state index is -0.0735. The molecule has 2 nitrogen and oxygen atoms in total. The van der Waals surface area contributed by atoms with Crippen molar-refractivity contribution in [2.24, 2.45) is 5.92 Å². The van der Waals surface area contributed by atoms with Crippen molar-refractivity contribution in [2.45, 2.75) is 12.8 Å². The fourth-order valence-corrected chi connectivity index (χ4v) is 1.56. The summed E-state index contributed by atoms with van der Waals surface area (Å²) in [5.74, 6) is 0.730. The first-order chi connectivity index (χ1) is 6.25. The highest BCUT2D eigenvalue weighted by Crippen LogP contribution is 2.27. The molecule has 1 aliphatic heterocycles. The van der Waals surface area contributed by atoms with Gasteiger partial charge in [-0.2, -0.15) is 0 Å². The first-order valence-corrected chi connectivity index (χ1v) is 5.04. The van der Waals surface area contributed by atoms with Crippen molar-refractivity contribution in [1.82, 2.24) is 10.2 Å². The van der Waals surface area contributed by atoms with Crippen LogP contribution in [0.3, 0.4) is 0 Å². The van der Waals surface area contributed by atoms with Crippen molar-refractivity contribution >= 4 is 17.3 Å². The zero-order valence-corrected chi connectivity index (χ0v) is 8.24. The third kappa shape index (κ3) is 2.40. The Labute approximate surface area is 82.8 Å². The molecule has 0 aromatic heterocycles. The minimum absolute atomic E-state index is 0.0735. The van der Waals surface area contributed by atoms with Gasteiger partial charge in [0.2, 0.25) is 0 Å². The Balaban J connectivity index is 1.71. The predicted molar refractivity (Wildman–Crippen MR) is 54.1 cm³/mol. The number of halogens is 1. The molecular weight excluding hydrogens is 187 g/mol. The molecule has 72 valence electrons. The van der Waals surface area contributed by atoms with Crippen LogP contribution >= 0.6 is 12.2 Å². The molecule has 2 rings (SSSR count). The number of hydrogen-bond donors (Lipinski definition) is 1. The van der Waals surface area contributed by atoms with E-state index in [-0.39, 0.29) is 5.83 Å². The third-order valence-corrected chi connectivity index (χ3v) is 2.80. The quantitative estimate of drug-likeness (QED) is 0.679. The predicted octanol–water partition coefficient (Wildman–Crippen LogP) is 1.44. The van der Waals surface area contributed by atoms with E-state index in [4.69, 9.17) is 12.2 Å². The van der Waals surface area contributed by atoms with Gasteiger partial charge in [-0.15, -0.1) is 0 Å². The standard InChI is InChI=1S/C9H13FN2S/c10-8-3-4-12(6-8)9(13)11-5-7-1-2-7/h3,7H,1-2,4-6H2,(H,11,13). The molecular formula is C9H13FN2S. The van der Waals surface area contributed by atoms with Crippen LogP contribution in [-0.2, 0) is 0 Å². The van der Waals surface area contributed by atoms with Gasteiger partial charge in [-0.1, -0.05) is 0 Å². The minimum Gasteiger partial charge on any atom is -0.362 e. The zero-order valence-electron chi connectivity index (χ0n) is 7.42. The van der Waals surface area contributed by atoms with Crippen LogP contribution in [0.4, 0.5) is 4.39 Å². The van der Waals surface area contributed by atoms with Crippen LogP contribution in [0.5, 0.6) is 0 Å². The maximum Gasteiger partial charge on any atom is 0.169 e. The van der Waals surface area contributed by atoms with Crippen molar-refractivity contribution in [3.8, 4) is 0 Å². The normalized spacial score (nSPS) is 21.6. The van der Waals surface area contributed by atoms with E-state index < -0.39 is 0 Å². The molecule has 0 bridgehead atoms. The molecule has 0 amide bonds. The van der Waals surface area contributed by atoms with Gasteiger partial charge in [-0.25, -0.2) is 4.39 Å². The van der Waals surface area contributed by atoms with E-state index >= 15 is 0 Å². The Kier molecular flexibility index (Phi) is 2.49. The van der Waals surface area contributed by atoms with E-state index in [1.807, 2.05) is 4.90 Å². The van der Waals surface area contributed by atoms with Crippen LogP contribution in [0.25, 0.3) is 0 Å². The van der Waals surface area contributed by atoms with Gasteiger partial charge >= 0.3 is 0 Å². The van der Waals surface area contributed by atoms with Crippen LogP contribution < -0.4 is 5.32 Å². The highest BCUT2D eigenvalue weighted by molar-refractivity contribution is 7.80. The number of hydrogen-bond acceptors (Lipinski definition) is 1. The molecule has 0 unspecified atom stereocenters. The first-order valence-electron chi connectivity index (χ1n) is 4.63. The van der Waals surface area contributed by atoms with E-state index in [0.29, 0.717) is 18.2 Å². The molecule has 0 aromatic rings. The molecule has 0 radical (unpaired) electrons. The second kappa shape index (κ2) is 3.62. The van der Waals surface area contributed by atoms with Gasteiger partial charge < -0.3 is 10.2 Å². The Morgan fingerprint density at radius 1 is 1.69 bits per heavy atom. The lowest BCUT2D eigenvalue weighted by Crippen LogP contribution is -2.39. The molecule has 1 fully saturated rings. The van der Waals surface area contributed by atoms with E-state index in [1.54, 1.807) is 6.08 Å². The van der Waals surface area contributed by atoms with Crippen molar-refractivity contribution in [1.29, 1.82) is 0 Å². The average molecular weight is 200 g/mol. The van der Waals surface area contributed by atoms with Crippen LogP contribution in [0.15, 0.2) is 11.9 Å². The Bertz CT molecular complexity index is 248. The van der Waals surface area contributed by atoms with Gasteiger partial charge in [0.1, 0.15) is 5.83 Å². The number of nitrogens with one attached hydrogen (secondary N) is 1. The second-order valence-electron chi connectivity index (χ2n) is 3.66. The molecule has 2 aliphatic rings. The van der Waals surface area contributed by atoms with E-state index in [9.17, 15) is 4.39 Å². The summed E-state index contributed by atoms with van der Waals surface area (Å²) in [7, 11) is 0. The SMILES string of the molecule is FC1=CCN(C(=S)NCC2CC2)C1. The molecule has 13 heavy (non-hydrogen) atoms. The summed E-state index contributed by atoms with van der Waals surface area (Å²) in [6.45, 7) is 1.91. The van der Waals surface area contributed by atoms with Crippen LogP contribution in [0.1, 0.15) is 12.8 Å². The van der Waals surface area contributed by atoms with Crippen LogP contribution in [-0.4, -0.2) is 29.6 Å². The summed E-state index contributed by atoms with van der Waals surface area (Å²) in [6.07, 6.45) is 4.19. The fourth-order valence-electron chi connectivity index (χ4n) is 1.34. The van der Waals surface area contributed by atoms with Gasteiger partial charge in [-0.05, 0) is 37.1 Å². The highest BCUT2D eigenvalue weighted by Gasteiger charge is 2.22. The molecule has 4 heteroatoms. The maximum atomic E-state index is 12.7. The van der Waals surface area contributed by atoms with Gasteiger partial charge in [0, 0.05) is 13.1 Å².